The Balaban J connectivity index is 1.53. The summed E-state index contributed by atoms with van der Waals surface area (Å²) in [4.78, 5) is 13.9. The number of hydrogen-bond donors (Lipinski definition) is 2. The number of rotatable bonds is 6. The van der Waals surface area contributed by atoms with Gasteiger partial charge in [0.15, 0.2) is 0 Å². The predicted octanol–water partition coefficient (Wildman–Crippen LogP) is 4.17. The summed E-state index contributed by atoms with van der Waals surface area (Å²) in [5, 5.41) is 21.7. The molecule has 4 rings (SSSR count). The van der Waals surface area contributed by atoms with Crippen LogP contribution in [0.4, 0.5) is 0 Å². The van der Waals surface area contributed by atoms with Crippen LogP contribution in [0, 0.1) is 0 Å². The van der Waals surface area contributed by atoms with Crippen LogP contribution in [0.2, 0.25) is 0 Å². The summed E-state index contributed by atoms with van der Waals surface area (Å²) in [5.74, 6) is 0. The van der Waals surface area contributed by atoms with Gasteiger partial charge in [0, 0.05) is 38.3 Å². The average molecular weight is 463 g/mol. The highest BCUT2D eigenvalue weighted by molar-refractivity contribution is 5.63. The van der Waals surface area contributed by atoms with Crippen LogP contribution in [0.25, 0.3) is 11.1 Å². The summed E-state index contributed by atoms with van der Waals surface area (Å²) in [6.07, 6.45) is 1.69. The zero-order valence-electron chi connectivity index (χ0n) is 20.3. The van der Waals surface area contributed by atoms with Crippen molar-refractivity contribution in [3.63, 3.8) is 0 Å². The maximum Gasteiger partial charge on any atom is 0.250 e. The molecule has 2 N–H and O–H groups in total. The lowest BCUT2D eigenvalue weighted by molar-refractivity contribution is -0.304. The van der Waals surface area contributed by atoms with E-state index in [0.717, 1.165) is 22.3 Å². The molecule has 0 radical (unpaired) electrons. The van der Waals surface area contributed by atoms with Gasteiger partial charge in [-0.25, -0.2) is 4.90 Å². The Morgan fingerprint density at radius 3 is 2.35 bits per heavy atom. The summed E-state index contributed by atoms with van der Waals surface area (Å²) < 4.78 is 7.84. The molecule has 0 spiro atoms. The molecule has 3 aromatic rings. The molecule has 0 amide bonds. The minimum absolute atomic E-state index is 0.0449. The van der Waals surface area contributed by atoms with Crippen LogP contribution in [0.3, 0.4) is 0 Å². The van der Waals surface area contributed by atoms with E-state index in [1.54, 1.807) is 37.7 Å². The Kier molecular flexibility index (Phi) is 6.78. The summed E-state index contributed by atoms with van der Waals surface area (Å²) >= 11 is 0. The summed E-state index contributed by atoms with van der Waals surface area (Å²) in [7, 11) is 1.73. The number of pyridine rings is 1. The number of aromatic nitrogens is 1. The molecule has 1 fully saturated rings. The van der Waals surface area contributed by atoms with Gasteiger partial charge in [-0.1, -0.05) is 54.6 Å². The Bertz CT molecular complexity index is 1170. The first kappa shape index (κ1) is 24.4. The number of aliphatic hydroxyl groups excluding tert-OH is 1. The van der Waals surface area contributed by atoms with Crippen molar-refractivity contribution in [2.24, 2.45) is 7.05 Å². The van der Waals surface area contributed by atoms with Crippen LogP contribution in [-0.2, 0) is 17.4 Å². The molecule has 0 bridgehead atoms. The molecule has 6 heteroatoms. The number of aliphatic hydroxyl groups is 2. The van der Waals surface area contributed by atoms with Gasteiger partial charge in [0.1, 0.15) is 5.60 Å². The van der Waals surface area contributed by atoms with E-state index in [4.69, 9.17) is 4.74 Å². The smallest absolute Gasteiger partial charge is 0.250 e. The maximum absolute atomic E-state index is 12.0. The van der Waals surface area contributed by atoms with Gasteiger partial charge in [0.2, 0.25) is 6.41 Å². The van der Waals surface area contributed by atoms with E-state index in [1.807, 2.05) is 72.5 Å². The second kappa shape index (κ2) is 9.47. The second-order valence-corrected chi connectivity index (χ2v) is 9.94. The summed E-state index contributed by atoms with van der Waals surface area (Å²) in [5.41, 5.74) is 2.10. The van der Waals surface area contributed by atoms with Gasteiger partial charge in [0.25, 0.3) is 5.56 Å². The van der Waals surface area contributed by atoms with Crippen LogP contribution in [0.15, 0.2) is 77.7 Å². The SMILES string of the molecule is C[C@@H](c1ccc(-c2ccn(C)c(=O)c2)cc1)N1CC[C@](CC(C)(C)O)(c2ccccc2)OC1O. The second-order valence-electron chi connectivity index (χ2n) is 9.94. The normalized spacial score (nSPS) is 22.5. The molecule has 1 aliphatic rings. The molecule has 0 saturated carbocycles. The van der Waals surface area contributed by atoms with E-state index in [9.17, 15) is 15.0 Å². The molecular formula is C28H34N2O4. The molecule has 0 aliphatic carbocycles. The van der Waals surface area contributed by atoms with Crippen LogP contribution >= 0.6 is 0 Å². The first-order valence-corrected chi connectivity index (χ1v) is 11.7. The summed E-state index contributed by atoms with van der Waals surface area (Å²) in [6.45, 7) is 6.20. The fraction of sp³-hybridized carbons (Fsp3) is 0.393. The van der Waals surface area contributed by atoms with E-state index in [-0.39, 0.29) is 11.6 Å². The van der Waals surface area contributed by atoms with Gasteiger partial charge in [-0.05, 0) is 55.5 Å². The average Bonchev–Trinajstić information content (AvgIpc) is 2.80. The topological polar surface area (TPSA) is 74.9 Å². The highest BCUT2D eigenvalue weighted by Crippen LogP contribution is 2.43. The third-order valence-electron chi connectivity index (χ3n) is 6.73. The highest BCUT2D eigenvalue weighted by atomic mass is 16.6. The lowest BCUT2D eigenvalue weighted by Gasteiger charge is -2.48. The molecule has 3 atom stereocenters. The lowest BCUT2D eigenvalue weighted by Crippen LogP contribution is -2.53. The van der Waals surface area contributed by atoms with Gasteiger partial charge < -0.3 is 19.5 Å². The zero-order chi connectivity index (χ0) is 24.5. The molecule has 34 heavy (non-hydrogen) atoms. The van der Waals surface area contributed by atoms with E-state index >= 15 is 0 Å². The van der Waals surface area contributed by atoms with Crippen LogP contribution < -0.4 is 5.56 Å². The van der Waals surface area contributed by atoms with Gasteiger partial charge in [0.05, 0.1) is 5.60 Å². The molecule has 1 saturated heterocycles. The zero-order valence-corrected chi connectivity index (χ0v) is 20.3. The number of ether oxygens (including phenoxy) is 1. The van der Waals surface area contributed by atoms with Gasteiger partial charge >= 0.3 is 0 Å². The Labute approximate surface area is 201 Å². The van der Waals surface area contributed by atoms with Crippen LogP contribution in [0.5, 0.6) is 0 Å². The number of hydrogen-bond acceptors (Lipinski definition) is 5. The molecule has 2 aromatic carbocycles. The molecule has 180 valence electrons. The quantitative estimate of drug-likeness (QED) is 0.575. The van der Waals surface area contributed by atoms with E-state index in [1.165, 1.54) is 0 Å². The summed E-state index contributed by atoms with van der Waals surface area (Å²) in [6, 6.07) is 21.4. The molecule has 1 aromatic heterocycles. The van der Waals surface area contributed by atoms with Crippen molar-refractivity contribution in [3.05, 3.63) is 94.4 Å². The fourth-order valence-electron chi connectivity index (χ4n) is 4.89. The van der Waals surface area contributed by atoms with Gasteiger partial charge in [-0.3, -0.25) is 4.79 Å². The third-order valence-corrected chi connectivity index (χ3v) is 6.73. The standard InChI is InChI=1S/C28H34N2O4/c1-20(21-10-12-22(13-11-21)23-14-16-29(4)25(31)18-23)30-17-15-28(34-26(30)32,19-27(2,3)33)24-8-6-5-7-9-24/h5-14,16,18,20,26,32-33H,15,17,19H2,1-4H3/t20-,26?,28-/m0/s1. The first-order valence-electron chi connectivity index (χ1n) is 11.7. The fourth-order valence-corrected chi connectivity index (χ4v) is 4.89. The first-order chi connectivity index (χ1) is 16.1. The van der Waals surface area contributed by atoms with Crippen molar-refractivity contribution >= 4 is 0 Å². The van der Waals surface area contributed by atoms with Crippen molar-refractivity contribution in [1.82, 2.24) is 9.47 Å². The third kappa shape index (κ3) is 5.15. The Hall–Kier alpha value is -2.77. The molecule has 6 nitrogen and oxygen atoms in total. The van der Waals surface area contributed by atoms with Crippen molar-refractivity contribution in [3.8, 4) is 11.1 Å². The molecule has 1 unspecified atom stereocenters. The van der Waals surface area contributed by atoms with Crippen molar-refractivity contribution in [2.75, 3.05) is 6.54 Å². The van der Waals surface area contributed by atoms with Crippen molar-refractivity contribution in [2.45, 2.75) is 57.3 Å². The number of benzene rings is 2. The van der Waals surface area contributed by atoms with Crippen molar-refractivity contribution in [1.29, 1.82) is 0 Å². The number of aryl methyl sites for hydroxylation is 1. The minimum Gasteiger partial charge on any atom is -0.390 e. The van der Waals surface area contributed by atoms with Gasteiger partial charge in [-0.2, -0.15) is 0 Å². The van der Waals surface area contributed by atoms with E-state index < -0.39 is 17.6 Å². The van der Waals surface area contributed by atoms with Crippen molar-refractivity contribution < 1.29 is 14.9 Å². The Morgan fingerprint density at radius 2 is 1.76 bits per heavy atom. The van der Waals surface area contributed by atoms with Crippen LogP contribution in [0.1, 0.15) is 50.8 Å². The minimum atomic E-state index is -1.11. The lowest BCUT2D eigenvalue weighted by atomic mass is 9.80. The highest BCUT2D eigenvalue weighted by Gasteiger charge is 2.45. The van der Waals surface area contributed by atoms with Crippen LogP contribution in [-0.4, -0.2) is 38.2 Å². The monoisotopic (exact) mass is 462 g/mol. The van der Waals surface area contributed by atoms with E-state index in [2.05, 4.69) is 0 Å². The number of nitrogens with zero attached hydrogens (tertiary/aromatic N) is 2. The Morgan fingerprint density at radius 1 is 1.09 bits per heavy atom. The molecule has 2 heterocycles. The molecular weight excluding hydrogens is 428 g/mol. The predicted molar refractivity (Wildman–Crippen MR) is 133 cm³/mol. The maximum atomic E-state index is 12.0. The largest absolute Gasteiger partial charge is 0.390 e. The van der Waals surface area contributed by atoms with E-state index in [0.29, 0.717) is 19.4 Å². The van der Waals surface area contributed by atoms with Gasteiger partial charge in [-0.15, -0.1) is 0 Å². The molecule has 1 aliphatic heterocycles.